The number of anilines is 1. The van der Waals surface area contributed by atoms with Gasteiger partial charge < -0.3 is 10.1 Å². The number of aryl methyl sites for hydroxylation is 2. The molecule has 1 amide bonds. The number of carbonyl (C=O) groups is 1. The lowest BCUT2D eigenvalue weighted by molar-refractivity contribution is -0.145. The van der Waals surface area contributed by atoms with Gasteiger partial charge in [-0.3, -0.25) is 9.48 Å². The van der Waals surface area contributed by atoms with E-state index < -0.39 is 30.1 Å². The molecule has 0 aliphatic carbocycles. The number of nitrogens with one attached hydrogen (secondary N) is 1. The molecule has 1 aromatic carbocycles. The predicted molar refractivity (Wildman–Crippen MR) is 73.5 cm³/mol. The molecule has 0 atom stereocenters. The summed E-state index contributed by atoms with van der Waals surface area (Å²) in [6, 6.07) is 7.05. The summed E-state index contributed by atoms with van der Waals surface area (Å²) in [5.74, 6) is -1.03. The highest BCUT2D eigenvalue weighted by molar-refractivity contribution is 5.92. The van der Waals surface area contributed by atoms with Crippen LogP contribution in [-0.2, 0) is 18.0 Å². The molecule has 2 rings (SSSR count). The van der Waals surface area contributed by atoms with E-state index in [1.165, 1.54) is 0 Å². The van der Waals surface area contributed by atoms with Crippen LogP contribution in [0.1, 0.15) is 11.3 Å². The number of halogens is 3. The smallest absolute Gasteiger partial charge is 0.436 e. The standard InChI is InChI=1S/C14H14F3N3O2/c1-9-5-3-4-6-10(9)19-12(21)8-22-11-7-18-20(2)13(11)14(15,16)17/h3-7H,8H2,1-2H3,(H,19,21). The number of hydrogen-bond donors (Lipinski definition) is 1. The highest BCUT2D eigenvalue weighted by Gasteiger charge is 2.38. The quantitative estimate of drug-likeness (QED) is 0.944. The molecular formula is C14H14F3N3O2. The van der Waals surface area contributed by atoms with Crippen LogP contribution in [-0.4, -0.2) is 22.3 Å². The topological polar surface area (TPSA) is 56.1 Å². The van der Waals surface area contributed by atoms with Crippen LogP contribution in [0.4, 0.5) is 18.9 Å². The molecule has 2 aromatic rings. The van der Waals surface area contributed by atoms with Gasteiger partial charge in [-0.15, -0.1) is 0 Å². The van der Waals surface area contributed by atoms with Crippen molar-refractivity contribution in [3.63, 3.8) is 0 Å². The first kappa shape index (κ1) is 15.9. The zero-order valence-electron chi connectivity index (χ0n) is 11.9. The molecule has 118 valence electrons. The van der Waals surface area contributed by atoms with Crippen molar-refractivity contribution in [2.24, 2.45) is 7.05 Å². The number of aromatic nitrogens is 2. The van der Waals surface area contributed by atoms with E-state index in [0.717, 1.165) is 18.8 Å². The summed E-state index contributed by atoms with van der Waals surface area (Å²) < 4.78 is 44.1. The van der Waals surface area contributed by atoms with Gasteiger partial charge >= 0.3 is 6.18 Å². The maximum atomic E-state index is 12.8. The first-order valence-corrected chi connectivity index (χ1v) is 6.36. The lowest BCUT2D eigenvalue weighted by atomic mass is 10.2. The van der Waals surface area contributed by atoms with E-state index >= 15 is 0 Å². The first-order chi connectivity index (χ1) is 10.3. The molecule has 0 spiro atoms. The molecular weight excluding hydrogens is 299 g/mol. The normalized spacial score (nSPS) is 11.3. The van der Waals surface area contributed by atoms with Gasteiger partial charge in [0.1, 0.15) is 0 Å². The Balaban J connectivity index is 2.02. The van der Waals surface area contributed by atoms with Crippen molar-refractivity contribution in [2.45, 2.75) is 13.1 Å². The van der Waals surface area contributed by atoms with Crippen molar-refractivity contribution >= 4 is 11.6 Å². The fourth-order valence-corrected chi connectivity index (χ4v) is 1.89. The Morgan fingerprint density at radius 3 is 2.68 bits per heavy atom. The number of rotatable bonds is 4. The Morgan fingerprint density at radius 2 is 2.05 bits per heavy atom. The van der Waals surface area contributed by atoms with E-state index in [1.807, 2.05) is 6.07 Å². The van der Waals surface area contributed by atoms with E-state index in [-0.39, 0.29) is 0 Å². The van der Waals surface area contributed by atoms with Crippen LogP contribution in [0.15, 0.2) is 30.5 Å². The van der Waals surface area contributed by atoms with Crippen LogP contribution in [0, 0.1) is 6.92 Å². The molecule has 0 unspecified atom stereocenters. The second kappa shape index (κ2) is 6.08. The largest absolute Gasteiger partial charge is 0.480 e. The number of hydrogen-bond acceptors (Lipinski definition) is 3. The molecule has 0 bridgehead atoms. The van der Waals surface area contributed by atoms with Crippen LogP contribution >= 0.6 is 0 Å². The number of alkyl halides is 3. The molecule has 0 saturated heterocycles. The summed E-state index contributed by atoms with van der Waals surface area (Å²) in [5, 5.41) is 6.07. The Morgan fingerprint density at radius 1 is 1.36 bits per heavy atom. The van der Waals surface area contributed by atoms with Crippen LogP contribution in [0.2, 0.25) is 0 Å². The molecule has 1 N–H and O–H groups in total. The molecule has 0 radical (unpaired) electrons. The first-order valence-electron chi connectivity index (χ1n) is 6.36. The maximum Gasteiger partial charge on any atom is 0.436 e. The van der Waals surface area contributed by atoms with Crippen molar-refractivity contribution in [3.05, 3.63) is 41.7 Å². The second-order valence-corrected chi connectivity index (χ2v) is 4.63. The molecule has 1 heterocycles. The van der Waals surface area contributed by atoms with Gasteiger partial charge in [0.05, 0.1) is 6.20 Å². The monoisotopic (exact) mass is 313 g/mol. The minimum absolute atomic E-state index is 0.477. The Bertz CT molecular complexity index is 680. The minimum Gasteiger partial charge on any atom is -0.480 e. The van der Waals surface area contributed by atoms with Gasteiger partial charge in [0.25, 0.3) is 5.91 Å². The van der Waals surface area contributed by atoms with Crippen LogP contribution in [0.5, 0.6) is 5.75 Å². The lowest BCUT2D eigenvalue weighted by Gasteiger charge is -2.11. The van der Waals surface area contributed by atoms with Crippen molar-refractivity contribution in [1.29, 1.82) is 0 Å². The third kappa shape index (κ3) is 3.57. The van der Waals surface area contributed by atoms with E-state index in [9.17, 15) is 18.0 Å². The number of carbonyl (C=O) groups excluding carboxylic acids is 1. The minimum atomic E-state index is -4.60. The highest BCUT2D eigenvalue weighted by Crippen LogP contribution is 2.35. The van der Waals surface area contributed by atoms with Crippen molar-refractivity contribution < 1.29 is 22.7 Å². The average Bonchev–Trinajstić information content (AvgIpc) is 2.80. The summed E-state index contributed by atoms with van der Waals surface area (Å²) >= 11 is 0. The van der Waals surface area contributed by atoms with Crippen molar-refractivity contribution in [2.75, 3.05) is 11.9 Å². The zero-order valence-corrected chi connectivity index (χ0v) is 11.9. The number of amides is 1. The predicted octanol–water partition coefficient (Wildman–Crippen LogP) is 2.76. The molecule has 1 aromatic heterocycles. The third-order valence-electron chi connectivity index (χ3n) is 2.95. The fraction of sp³-hybridized carbons (Fsp3) is 0.286. The summed E-state index contributed by atoms with van der Waals surface area (Å²) in [6.07, 6.45) is -3.67. The van der Waals surface area contributed by atoms with Gasteiger partial charge in [-0.05, 0) is 18.6 Å². The van der Waals surface area contributed by atoms with Gasteiger partial charge in [0.2, 0.25) is 0 Å². The highest BCUT2D eigenvalue weighted by atomic mass is 19.4. The van der Waals surface area contributed by atoms with E-state index in [1.54, 1.807) is 25.1 Å². The Kier molecular flexibility index (Phi) is 4.39. The summed E-state index contributed by atoms with van der Waals surface area (Å²) in [5.41, 5.74) is 0.391. The zero-order chi connectivity index (χ0) is 16.3. The van der Waals surface area contributed by atoms with E-state index in [0.29, 0.717) is 10.4 Å². The van der Waals surface area contributed by atoms with Crippen LogP contribution in [0.25, 0.3) is 0 Å². The third-order valence-corrected chi connectivity index (χ3v) is 2.95. The molecule has 0 fully saturated rings. The van der Waals surface area contributed by atoms with Crippen LogP contribution in [0.3, 0.4) is 0 Å². The summed E-state index contributed by atoms with van der Waals surface area (Å²) in [7, 11) is 1.16. The fourth-order valence-electron chi connectivity index (χ4n) is 1.89. The molecule has 0 aliphatic rings. The molecule has 22 heavy (non-hydrogen) atoms. The SMILES string of the molecule is Cc1ccccc1NC(=O)COc1cnn(C)c1C(F)(F)F. The van der Waals surface area contributed by atoms with Crippen LogP contribution < -0.4 is 10.1 Å². The Hall–Kier alpha value is -2.51. The van der Waals surface area contributed by atoms with E-state index in [4.69, 9.17) is 4.74 Å². The van der Waals surface area contributed by atoms with Gasteiger partial charge in [0.15, 0.2) is 18.1 Å². The van der Waals surface area contributed by atoms with Gasteiger partial charge in [-0.25, -0.2) is 0 Å². The van der Waals surface area contributed by atoms with Gasteiger partial charge in [-0.1, -0.05) is 18.2 Å². The maximum absolute atomic E-state index is 12.8. The summed E-state index contributed by atoms with van der Waals surface area (Å²) in [4.78, 5) is 11.8. The number of para-hydroxylation sites is 1. The molecule has 0 aliphatic heterocycles. The molecule has 8 heteroatoms. The lowest BCUT2D eigenvalue weighted by Crippen LogP contribution is -2.22. The number of nitrogens with zero attached hydrogens (tertiary/aromatic N) is 2. The van der Waals surface area contributed by atoms with Gasteiger partial charge in [0, 0.05) is 12.7 Å². The number of benzene rings is 1. The Labute approximate surface area is 124 Å². The van der Waals surface area contributed by atoms with E-state index in [2.05, 4.69) is 10.4 Å². The second-order valence-electron chi connectivity index (χ2n) is 4.63. The number of ether oxygens (including phenoxy) is 1. The van der Waals surface area contributed by atoms with Crippen molar-refractivity contribution in [3.8, 4) is 5.75 Å². The van der Waals surface area contributed by atoms with Crippen molar-refractivity contribution in [1.82, 2.24) is 9.78 Å². The molecule has 5 nitrogen and oxygen atoms in total. The molecule has 0 saturated carbocycles. The average molecular weight is 313 g/mol. The summed E-state index contributed by atoms with van der Waals surface area (Å²) in [6.45, 7) is 1.27. The van der Waals surface area contributed by atoms with Gasteiger partial charge in [-0.2, -0.15) is 18.3 Å².